The summed E-state index contributed by atoms with van der Waals surface area (Å²) in [6, 6.07) is 7.79. The Morgan fingerprint density at radius 2 is 2.08 bits per heavy atom. The number of aliphatic hydroxyl groups excluding tert-OH is 1. The number of nitrogens with one attached hydrogen (secondary N) is 1. The van der Waals surface area contributed by atoms with Crippen LogP contribution in [0.1, 0.15) is 54.1 Å². The lowest BCUT2D eigenvalue weighted by Crippen LogP contribution is -2.26. The molecule has 2 heterocycles. The number of hydrogen-bond acceptors (Lipinski definition) is 3. The highest BCUT2D eigenvalue weighted by atomic mass is 16.3. The predicted molar refractivity (Wildman–Crippen MR) is 99.7 cm³/mol. The molecule has 0 aliphatic rings. The minimum Gasteiger partial charge on any atom is -0.396 e. The van der Waals surface area contributed by atoms with Crippen LogP contribution in [0.3, 0.4) is 0 Å². The quantitative estimate of drug-likeness (QED) is 0.724. The van der Waals surface area contributed by atoms with Crippen LogP contribution in [0.5, 0.6) is 0 Å². The van der Waals surface area contributed by atoms with Crippen LogP contribution in [0, 0.1) is 19.3 Å². The monoisotopic (exact) mass is 343 g/mol. The maximum Gasteiger partial charge on any atom is 0.253 e. The zero-order valence-electron chi connectivity index (χ0n) is 15.7. The summed E-state index contributed by atoms with van der Waals surface area (Å²) >= 11 is 0. The largest absolute Gasteiger partial charge is 0.396 e. The molecule has 5 nitrogen and oxygen atoms in total. The van der Waals surface area contributed by atoms with Crippen LogP contribution >= 0.6 is 0 Å². The van der Waals surface area contributed by atoms with Crippen molar-refractivity contribution in [1.82, 2.24) is 14.9 Å². The summed E-state index contributed by atoms with van der Waals surface area (Å²) < 4.78 is 2.12. The molecule has 25 heavy (non-hydrogen) atoms. The smallest absolute Gasteiger partial charge is 0.253 e. The number of carbonyl (C=O) groups excluding carboxylic acids is 1. The summed E-state index contributed by atoms with van der Waals surface area (Å²) in [6.45, 7) is 9.48. The van der Waals surface area contributed by atoms with Crippen molar-refractivity contribution in [2.24, 2.45) is 5.41 Å². The lowest BCUT2D eigenvalue weighted by Gasteiger charge is -2.21. The Morgan fingerprint density at radius 3 is 2.72 bits per heavy atom. The summed E-state index contributed by atoms with van der Waals surface area (Å²) in [5, 5.41) is 12.3. The van der Waals surface area contributed by atoms with Crippen LogP contribution in [-0.2, 0) is 6.54 Å². The molecule has 2 aromatic rings. The van der Waals surface area contributed by atoms with Gasteiger partial charge in [-0.15, -0.1) is 0 Å². The molecule has 2 N–H and O–H groups in total. The maximum absolute atomic E-state index is 12.5. The van der Waals surface area contributed by atoms with E-state index in [4.69, 9.17) is 0 Å². The minimum atomic E-state index is -0.0940. The Kier molecular flexibility index (Phi) is 6.37. The maximum atomic E-state index is 12.5. The number of nitrogens with zero attached hydrogens (tertiary/aromatic N) is 2. The fourth-order valence-electron chi connectivity index (χ4n) is 2.87. The van der Waals surface area contributed by atoms with Crippen molar-refractivity contribution in [3.63, 3.8) is 0 Å². The van der Waals surface area contributed by atoms with E-state index in [1.807, 2.05) is 52.0 Å². The number of pyridine rings is 1. The molecular weight excluding hydrogens is 314 g/mol. The zero-order chi connectivity index (χ0) is 18.4. The Labute approximate surface area is 150 Å². The normalized spacial score (nSPS) is 11.6. The SMILES string of the molecule is Cc1cc(C(=O)NCCCC(C)(C)CO)c(C)n1Cc1ccccn1. The van der Waals surface area contributed by atoms with Crippen LogP contribution in [0.2, 0.25) is 0 Å². The summed E-state index contributed by atoms with van der Waals surface area (Å²) in [6.07, 6.45) is 3.51. The molecule has 0 unspecified atom stereocenters. The van der Waals surface area contributed by atoms with Gasteiger partial charge in [-0.3, -0.25) is 9.78 Å². The van der Waals surface area contributed by atoms with Crippen LogP contribution in [0.4, 0.5) is 0 Å². The van der Waals surface area contributed by atoms with Gasteiger partial charge in [-0.05, 0) is 50.3 Å². The van der Waals surface area contributed by atoms with E-state index in [-0.39, 0.29) is 17.9 Å². The molecule has 2 rings (SSSR count). The number of carbonyl (C=O) groups is 1. The first-order valence-electron chi connectivity index (χ1n) is 8.80. The van der Waals surface area contributed by atoms with E-state index >= 15 is 0 Å². The molecule has 5 heteroatoms. The Hall–Kier alpha value is -2.14. The fraction of sp³-hybridized carbons (Fsp3) is 0.500. The van der Waals surface area contributed by atoms with Gasteiger partial charge in [0.25, 0.3) is 5.91 Å². The molecule has 0 bridgehead atoms. The molecule has 0 radical (unpaired) electrons. The van der Waals surface area contributed by atoms with E-state index < -0.39 is 0 Å². The molecule has 0 aliphatic carbocycles. The lowest BCUT2D eigenvalue weighted by molar-refractivity contribution is 0.0948. The lowest BCUT2D eigenvalue weighted by atomic mass is 9.89. The molecule has 1 amide bonds. The summed E-state index contributed by atoms with van der Waals surface area (Å²) in [5.74, 6) is -0.0397. The average Bonchev–Trinajstić information content (AvgIpc) is 2.88. The van der Waals surface area contributed by atoms with Crippen LogP contribution < -0.4 is 5.32 Å². The van der Waals surface area contributed by atoms with Crippen molar-refractivity contribution >= 4 is 5.91 Å². The highest BCUT2D eigenvalue weighted by molar-refractivity contribution is 5.95. The average molecular weight is 343 g/mol. The standard InChI is InChI=1S/C20H29N3O2/c1-15-12-18(19(25)22-11-7-9-20(3,4)14-24)16(2)23(15)13-17-8-5-6-10-21-17/h5-6,8,10,12,24H,7,9,11,13-14H2,1-4H3,(H,22,25). The number of aliphatic hydroxyl groups is 1. The first-order valence-corrected chi connectivity index (χ1v) is 8.80. The van der Waals surface area contributed by atoms with Gasteiger partial charge < -0.3 is 15.0 Å². The number of rotatable bonds is 8. The molecule has 2 aromatic heterocycles. The Balaban J connectivity index is 1.98. The Morgan fingerprint density at radius 1 is 1.32 bits per heavy atom. The fourth-order valence-corrected chi connectivity index (χ4v) is 2.87. The summed E-state index contributed by atoms with van der Waals surface area (Å²) in [7, 11) is 0. The van der Waals surface area contributed by atoms with Crippen molar-refractivity contribution in [1.29, 1.82) is 0 Å². The third kappa shape index (κ3) is 5.16. The second-order valence-electron chi connectivity index (χ2n) is 7.37. The van der Waals surface area contributed by atoms with Gasteiger partial charge in [0.2, 0.25) is 0 Å². The van der Waals surface area contributed by atoms with Crippen LogP contribution in [0.15, 0.2) is 30.5 Å². The van der Waals surface area contributed by atoms with Crippen LogP contribution in [0.25, 0.3) is 0 Å². The highest BCUT2D eigenvalue weighted by Gasteiger charge is 2.18. The van der Waals surface area contributed by atoms with E-state index in [1.54, 1.807) is 6.20 Å². The van der Waals surface area contributed by atoms with Crippen molar-refractivity contribution in [3.8, 4) is 0 Å². The van der Waals surface area contributed by atoms with Crippen molar-refractivity contribution < 1.29 is 9.90 Å². The van der Waals surface area contributed by atoms with Gasteiger partial charge >= 0.3 is 0 Å². The zero-order valence-corrected chi connectivity index (χ0v) is 15.7. The number of amides is 1. The molecule has 0 aliphatic heterocycles. The minimum absolute atomic E-state index is 0.0397. The van der Waals surface area contributed by atoms with Gasteiger partial charge in [0.05, 0.1) is 17.8 Å². The molecule has 136 valence electrons. The van der Waals surface area contributed by atoms with E-state index in [2.05, 4.69) is 14.9 Å². The van der Waals surface area contributed by atoms with Gasteiger partial charge in [0.15, 0.2) is 0 Å². The van der Waals surface area contributed by atoms with E-state index in [0.29, 0.717) is 13.1 Å². The molecule has 0 atom stereocenters. The van der Waals surface area contributed by atoms with Gasteiger partial charge in [-0.25, -0.2) is 0 Å². The number of aromatic nitrogens is 2. The first kappa shape index (κ1) is 19.2. The Bertz CT molecular complexity index is 705. The number of aryl methyl sites for hydroxylation is 1. The van der Waals surface area contributed by atoms with Gasteiger partial charge in [0.1, 0.15) is 0 Å². The molecule has 0 saturated heterocycles. The van der Waals surface area contributed by atoms with Crippen molar-refractivity contribution in [3.05, 3.63) is 53.1 Å². The third-order valence-corrected chi connectivity index (χ3v) is 4.61. The summed E-state index contributed by atoms with van der Waals surface area (Å²) in [4.78, 5) is 16.8. The van der Waals surface area contributed by atoms with Gasteiger partial charge in [-0.2, -0.15) is 0 Å². The van der Waals surface area contributed by atoms with E-state index in [0.717, 1.165) is 35.5 Å². The second kappa shape index (κ2) is 8.30. The molecular formula is C20H29N3O2. The van der Waals surface area contributed by atoms with Gasteiger partial charge in [0, 0.05) is 30.7 Å². The van der Waals surface area contributed by atoms with Gasteiger partial charge in [-0.1, -0.05) is 19.9 Å². The molecule has 0 aromatic carbocycles. The highest BCUT2D eigenvalue weighted by Crippen LogP contribution is 2.21. The molecule has 0 fully saturated rings. The second-order valence-corrected chi connectivity index (χ2v) is 7.37. The first-order chi connectivity index (χ1) is 11.8. The van der Waals surface area contributed by atoms with E-state index in [9.17, 15) is 9.90 Å². The van der Waals surface area contributed by atoms with Crippen molar-refractivity contribution in [2.45, 2.75) is 47.1 Å². The van der Waals surface area contributed by atoms with Crippen LogP contribution in [-0.4, -0.2) is 33.7 Å². The predicted octanol–water partition coefficient (Wildman–Crippen LogP) is 3.08. The van der Waals surface area contributed by atoms with Crippen molar-refractivity contribution in [2.75, 3.05) is 13.2 Å². The third-order valence-electron chi connectivity index (χ3n) is 4.61. The number of hydrogen-bond donors (Lipinski definition) is 2. The summed E-state index contributed by atoms with van der Waals surface area (Å²) in [5.41, 5.74) is 3.60. The molecule has 0 saturated carbocycles. The molecule has 0 spiro atoms. The topological polar surface area (TPSA) is 67.2 Å². The van der Waals surface area contributed by atoms with E-state index in [1.165, 1.54) is 0 Å².